The van der Waals surface area contributed by atoms with E-state index in [-0.39, 0.29) is 24.7 Å². The number of carbonyl (C=O) groups excluding carboxylic acids is 1. The smallest absolute Gasteiger partial charge is 0.491 e. The molecule has 1 N–H and O–H groups in total. The second kappa shape index (κ2) is 20.3. The highest BCUT2D eigenvalue weighted by Crippen LogP contribution is 2.36. The minimum Gasteiger partial charge on any atom is -0.491 e. The van der Waals surface area contributed by atoms with E-state index in [0.29, 0.717) is 62.6 Å². The average molecular weight is 650 g/mol. The van der Waals surface area contributed by atoms with Crippen molar-refractivity contribution >= 4 is 37.6 Å². The zero-order valence-corrected chi connectivity index (χ0v) is 28.2. The summed E-state index contributed by atoms with van der Waals surface area (Å²) in [6.45, 7) is 15.4. The summed E-state index contributed by atoms with van der Waals surface area (Å²) >= 11 is 0. The fourth-order valence-electron chi connectivity index (χ4n) is 4.40. The van der Waals surface area contributed by atoms with Crippen molar-refractivity contribution in [1.29, 1.82) is 0 Å². The van der Waals surface area contributed by atoms with Gasteiger partial charge < -0.3 is 37.7 Å². The van der Waals surface area contributed by atoms with Gasteiger partial charge in [-0.25, -0.2) is 4.79 Å². The van der Waals surface area contributed by atoms with Crippen molar-refractivity contribution in [1.82, 2.24) is 5.32 Å². The molecular weight excluding hydrogens is 602 g/mol. The quantitative estimate of drug-likeness (QED) is 0.0473. The molecule has 0 unspecified atom stereocenters. The molecule has 0 radical (unpaired) electrons. The van der Waals surface area contributed by atoms with Crippen molar-refractivity contribution in [3.8, 4) is 11.5 Å². The number of nitro groups is 1. The number of hydrogen-bond donors (Lipinski definition) is 1. The lowest BCUT2D eigenvalue weighted by molar-refractivity contribution is -0.384. The third-order valence-corrected chi connectivity index (χ3v) is 9.54. The van der Waals surface area contributed by atoms with Crippen LogP contribution in [0.25, 0.3) is 0 Å². The van der Waals surface area contributed by atoms with Crippen LogP contribution < -0.4 is 19.7 Å². The average Bonchev–Trinajstić information content (AvgIpc) is 3.02. The maximum Gasteiger partial charge on any atom is 0.500 e. The molecular formula is C30H47N5O9Si. The van der Waals surface area contributed by atoms with Crippen LogP contribution in [-0.2, 0) is 18.0 Å². The highest BCUT2D eigenvalue weighted by Gasteiger charge is 2.39. The monoisotopic (exact) mass is 649 g/mol. The highest BCUT2D eigenvalue weighted by atomic mass is 28.4. The van der Waals surface area contributed by atoms with Crippen LogP contribution in [0.1, 0.15) is 48.0 Å². The van der Waals surface area contributed by atoms with Crippen molar-refractivity contribution in [3.63, 3.8) is 0 Å². The summed E-state index contributed by atoms with van der Waals surface area (Å²) in [6, 6.07) is 10.3. The Bertz CT molecular complexity index is 1210. The molecule has 0 spiro atoms. The SMILES string of the molecule is CCOc1cc([N+](=O)[O-])ccc1N=Nc1ccc(N(CC)CC)cc1OCCOC(=O)NCCC[Si](OCC)(OCC)OCC. The van der Waals surface area contributed by atoms with Gasteiger partial charge in [-0.15, -0.1) is 10.2 Å². The van der Waals surface area contributed by atoms with Crippen molar-refractivity contribution in [2.45, 2.75) is 54.0 Å². The number of rotatable bonds is 22. The van der Waals surface area contributed by atoms with Gasteiger partial charge in [0.1, 0.15) is 30.3 Å². The van der Waals surface area contributed by atoms with Gasteiger partial charge in [0.2, 0.25) is 0 Å². The molecule has 2 rings (SSSR count). The van der Waals surface area contributed by atoms with Crippen LogP contribution in [0.4, 0.5) is 27.5 Å². The van der Waals surface area contributed by atoms with E-state index in [0.717, 1.165) is 18.8 Å². The molecule has 0 aliphatic heterocycles. The molecule has 0 bridgehead atoms. The lowest BCUT2D eigenvalue weighted by Crippen LogP contribution is -2.46. The molecule has 0 saturated carbocycles. The molecule has 2 aromatic carbocycles. The summed E-state index contributed by atoms with van der Waals surface area (Å²) < 4.78 is 34.4. The molecule has 250 valence electrons. The van der Waals surface area contributed by atoms with Crippen LogP contribution in [0.5, 0.6) is 11.5 Å². The number of non-ortho nitro benzene ring substituents is 1. The summed E-state index contributed by atoms with van der Waals surface area (Å²) in [7, 11) is -2.77. The molecule has 1 amide bonds. The lowest BCUT2D eigenvalue weighted by atomic mass is 10.2. The van der Waals surface area contributed by atoms with Gasteiger partial charge in [0.05, 0.1) is 17.6 Å². The summed E-state index contributed by atoms with van der Waals surface area (Å²) in [5.41, 5.74) is 1.60. The van der Waals surface area contributed by atoms with Crippen LogP contribution in [0.15, 0.2) is 46.6 Å². The van der Waals surface area contributed by atoms with Gasteiger partial charge in [-0.2, -0.15) is 0 Å². The van der Waals surface area contributed by atoms with E-state index in [4.69, 9.17) is 27.5 Å². The third-order valence-electron chi connectivity index (χ3n) is 6.39. The first-order chi connectivity index (χ1) is 21.8. The van der Waals surface area contributed by atoms with Gasteiger partial charge in [0.25, 0.3) is 5.69 Å². The second-order valence-corrected chi connectivity index (χ2v) is 12.1. The maximum absolute atomic E-state index is 12.3. The molecule has 0 aliphatic carbocycles. The van der Waals surface area contributed by atoms with Crippen LogP contribution in [-0.4, -0.2) is 79.1 Å². The van der Waals surface area contributed by atoms with Crippen LogP contribution >= 0.6 is 0 Å². The first-order valence-electron chi connectivity index (χ1n) is 15.4. The van der Waals surface area contributed by atoms with Gasteiger partial charge in [-0.1, -0.05) is 0 Å². The maximum atomic E-state index is 12.3. The van der Waals surface area contributed by atoms with E-state index in [1.807, 2.05) is 32.9 Å². The number of benzene rings is 2. The number of ether oxygens (including phenoxy) is 3. The van der Waals surface area contributed by atoms with Crippen LogP contribution in [0, 0.1) is 10.1 Å². The molecule has 14 nitrogen and oxygen atoms in total. The van der Waals surface area contributed by atoms with E-state index < -0.39 is 19.8 Å². The predicted octanol–water partition coefficient (Wildman–Crippen LogP) is 6.80. The van der Waals surface area contributed by atoms with E-state index >= 15 is 0 Å². The van der Waals surface area contributed by atoms with Gasteiger partial charge >= 0.3 is 14.9 Å². The number of carbonyl (C=O) groups is 1. The molecule has 0 atom stereocenters. The van der Waals surface area contributed by atoms with E-state index in [1.165, 1.54) is 18.2 Å². The van der Waals surface area contributed by atoms with Gasteiger partial charge in [-0.3, -0.25) is 10.1 Å². The second-order valence-electron chi connectivity index (χ2n) is 9.36. The predicted molar refractivity (Wildman–Crippen MR) is 173 cm³/mol. The van der Waals surface area contributed by atoms with E-state index in [2.05, 4.69) is 34.3 Å². The van der Waals surface area contributed by atoms with Crippen molar-refractivity contribution in [3.05, 3.63) is 46.5 Å². The number of nitrogens with zero attached hydrogens (tertiary/aromatic N) is 4. The Morgan fingerprint density at radius 3 is 2.00 bits per heavy atom. The third kappa shape index (κ3) is 12.3. The topological polar surface area (TPSA) is 156 Å². The fourth-order valence-corrected chi connectivity index (χ4v) is 7.01. The molecule has 15 heteroatoms. The summed E-state index contributed by atoms with van der Waals surface area (Å²) in [6.07, 6.45) is 0.0536. The normalized spacial score (nSPS) is 11.4. The first-order valence-corrected chi connectivity index (χ1v) is 17.4. The Labute approximate surface area is 266 Å². The van der Waals surface area contributed by atoms with Crippen molar-refractivity contribution in [2.24, 2.45) is 10.2 Å². The Hall–Kier alpha value is -3.79. The number of nitro benzene ring substituents is 1. The molecule has 0 aliphatic rings. The standard InChI is InChI=1S/C30H47N5O9Si/c1-7-34(8-2)24-14-16-27(33-32-26-17-15-25(35(37)38)23-28(26)39-9-3)29(22-24)40-19-20-41-30(36)31-18-13-21-45(42-10-4,43-11-5)44-12-6/h14-17,22-23H,7-13,18-21H2,1-6H3,(H,31,36). The van der Waals surface area contributed by atoms with Gasteiger partial charge in [0, 0.05) is 63.3 Å². The van der Waals surface area contributed by atoms with Crippen molar-refractivity contribution in [2.75, 3.05) is 64.2 Å². The zero-order valence-electron chi connectivity index (χ0n) is 27.2. The number of alkyl carbamates (subject to hydrolysis) is 1. The molecule has 0 aromatic heterocycles. The minimum atomic E-state index is -2.77. The number of anilines is 1. The number of amides is 1. The van der Waals surface area contributed by atoms with Crippen LogP contribution in [0.2, 0.25) is 6.04 Å². The first kappa shape index (κ1) is 37.4. The number of azo groups is 1. The molecule has 0 saturated heterocycles. The Morgan fingerprint density at radius 2 is 1.44 bits per heavy atom. The number of hydrogen-bond acceptors (Lipinski definition) is 12. The van der Waals surface area contributed by atoms with E-state index in [9.17, 15) is 14.9 Å². The fraction of sp³-hybridized carbons (Fsp3) is 0.567. The molecule has 0 heterocycles. The molecule has 0 fully saturated rings. The summed E-state index contributed by atoms with van der Waals surface area (Å²) in [5.74, 6) is 0.690. The summed E-state index contributed by atoms with van der Waals surface area (Å²) in [4.78, 5) is 25.1. The van der Waals surface area contributed by atoms with Crippen molar-refractivity contribution < 1.29 is 37.2 Å². The lowest BCUT2D eigenvalue weighted by Gasteiger charge is -2.28. The minimum absolute atomic E-state index is 0.00425. The summed E-state index contributed by atoms with van der Waals surface area (Å²) in [5, 5.41) is 22.6. The Kier molecular flexibility index (Phi) is 16.9. The molecule has 45 heavy (non-hydrogen) atoms. The molecule has 2 aromatic rings. The largest absolute Gasteiger partial charge is 0.500 e. The van der Waals surface area contributed by atoms with Crippen LogP contribution in [0.3, 0.4) is 0 Å². The van der Waals surface area contributed by atoms with Gasteiger partial charge in [-0.05, 0) is 66.2 Å². The van der Waals surface area contributed by atoms with Gasteiger partial charge in [0.15, 0.2) is 5.75 Å². The zero-order chi connectivity index (χ0) is 33.1. The Morgan fingerprint density at radius 1 is 0.844 bits per heavy atom. The van der Waals surface area contributed by atoms with E-state index in [1.54, 1.807) is 13.0 Å². The number of nitrogens with one attached hydrogen (secondary N) is 1. The Balaban J connectivity index is 2.04. The highest BCUT2D eigenvalue weighted by molar-refractivity contribution is 6.60.